The van der Waals surface area contributed by atoms with E-state index in [2.05, 4.69) is 42.5 Å². The van der Waals surface area contributed by atoms with Crippen molar-refractivity contribution in [2.45, 2.75) is 50.7 Å². The number of benzene rings is 2. The number of carbonyl (C=O) groups is 2. The fourth-order valence-electron chi connectivity index (χ4n) is 5.88. The van der Waals surface area contributed by atoms with Crippen molar-refractivity contribution in [1.29, 1.82) is 0 Å². The number of amidine groups is 1. The average molecular weight is 470 g/mol. The number of hydrogen-bond donors (Lipinski definition) is 0. The van der Waals surface area contributed by atoms with Gasteiger partial charge in [-0.2, -0.15) is 0 Å². The summed E-state index contributed by atoms with van der Waals surface area (Å²) >= 11 is 0. The quantitative estimate of drug-likeness (QED) is 0.669. The molecule has 2 aliphatic carbocycles. The Balaban J connectivity index is 1.10. The van der Waals surface area contributed by atoms with Crippen LogP contribution in [0, 0.1) is 11.8 Å². The van der Waals surface area contributed by atoms with Gasteiger partial charge in [0.05, 0.1) is 13.2 Å². The van der Waals surface area contributed by atoms with Crippen LogP contribution in [-0.4, -0.2) is 59.2 Å². The zero-order valence-corrected chi connectivity index (χ0v) is 20.0. The van der Waals surface area contributed by atoms with E-state index >= 15 is 0 Å². The molecular formula is C29H31N3O3. The van der Waals surface area contributed by atoms with E-state index in [0.29, 0.717) is 25.0 Å². The second-order valence-corrected chi connectivity index (χ2v) is 11.0. The van der Waals surface area contributed by atoms with E-state index in [-0.39, 0.29) is 11.8 Å². The van der Waals surface area contributed by atoms with Gasteiger partial charge in [-0.25, -0.2) is 0 Å². The van der Waals surface area contributed by atoms with E-state index in [0.717, 1.165) is 75.2 Å². The number of rotatable bonds is 5. The normalized spacial score (nSPS) is 24.6. The van der Waals surface area contributed by atoms with Crippen molar-refractivity contribution in [3.05, 3.63) is 59.2 Å². The van der Waals surface area contributed by atoms with Gasteiger partial charge in [0.15, 0.2) is 0 Å². The molecule has 1 spiro atoms. The van der Waals surface area contributed by atoms with Gasteiger partial charge in [-0.1, -0.05) is 36.4 Å². The summed E-state index contributed by atoms with van der Waals surface area (Å²) in [7, 11) is 0. The largest absolute Gasteiger partial charge is 0.376 e. The molecule has 1 saturated heterocycles. The molecule has 7 rings (SSSR count). The third kappa shape index (κ3) is 3.79. The van der Waals surface area contributed by atoms with Gasteiger partial charge < -0.3 is 9.64 Å². The predicted octanol–water partition coefficient (Wildman–Crippen LogP) is 3.81. The van der Waals surface area contributed by atoms with E-state index < -0.39 is 5.54 Å². The summed E-state index contributed by atoms with van der Waals surface area (Å²) in [4.78, 5) is 34.7. The Morgan fingerprint density at radius 3 is 2.54 bits per heavy atom. The fraction of sp³-hybridized carbons (Fsp3) is 0.483. The number of fused-ring (bicyclic) bond motifs is 1. The highest BCUT2D eigenvalue weighted by Crippen LogP contribution is 2.46. The van der Waals surface area contributed by atoms with Crippen molar-refractivity contribution in [3.63, 3.8) is 0 Å². The summed E-state index contributed by atoms with van der Waals surface area (Å²) in [6, 6.07) is 15.1. The standard InChI is InChI=1S/C29H31N3O3/c33-27(23-6-7-23)31-13-9-19(16-31)17-32-26(30-29(11-12-29)28(32)34)22-4-1-20(2-5-22)24-8-3-21-10-14-35-18-25(21)15-24/h1-5,8,15,19,23H,6-7,9-14,16-18H2. The van der Waals surface area contributed by atoms with E-state index in [4.69, 9.17) is 9.73 Å². The minimum Gasteiger partial charge on any atom is -0.376 e. The SMILES string of the molecule is O=C(C1CC1)N1CCC(CN2C(=O)C3(CC3)N=C2c2ccc(-c3ccc4c(c3)COCC4)cc2)C1. The second kappa shape index (κ2) is 8.02. The molecule has 35 heavy (non-hydrogen) atoms. The molecule has 3 fully saturated rings. The molecule has 0 aromatic heterocycles. The Labute approximate surface area is 206 Å². The molecule has 2 aromatic carbocycles. The summed E-state index contributed by atoms with van der Waals surface area (Å²) in [5, 5.41) is 0. The molecule has 0 bridgehead atoms. The molecule has 2 saturated carbocycles. The van der Waals surface area contributed by atoms with Gasteiger partial charge in [0, 0.05) is 31.1 Å². The third-order valence-corrected chi connectivity index (χ3v) is 8.36. The minimum atomic E-state index is -0.519. The van der Waals surface area contributed by atoms with Crippen molar-refractivity contribution < 1.29 is 14.3 Å². The van der Waals surface area contributed by atoms with Gasteiger partial charge in [0.1, 0.15) is 11.4 Å². The number of likely N-dealkylation sites (tertiary alicyclic amines) is 1. The Bertz CT molecular complexity index is 1230. The van der Waals surface area contributed by atoms with Crippen LogP contribution in [0.1, 0.15) is 48.8 Å². The highest BCUT2D eigenvalue weighted by Gasteiger charge is 2.57. The molecule has 1 unspecified atom stereocenters. The molecule has 6 heteroatoms. The fourth-order valence-corrected chi connectivity index (χ4v) is 5.88. The second-order valence-electron chi connectivity index (χ2n) is 11.0. The maximum Gasteiger partial charge on any atom is 0.256 e. The topological polar surface area (TPSA) is 62.2 Å². The maximum atomic E-state index is 13.3. The van der Waals surface area contributed by atoms with Gasteiger partial charge in [-0.3, -0.25) is 19.5 Å². The van der Waals surface area contributed by atoms with Crippen molar-refractivity contribution in [2.24, 2.45) is 16.8 Å². The molecule has 5 aliphatic rings. The molecule has 3 heterocycles. The molecular weight excluding hydrogens is 438 g/mol. The lowest BCUT2D eigenvalue weighted by atomic mass is 9.96. The lowest BCUT2D eigenvalue weighted by Gasteiger charge is -2.23. The summed E-state index contributed by atoms with van der Waals surface area (Å²) in [6.45, 7) is 3.72. The molecule has 6 nitrogen and oxygen atoms in total. The molecule has 2 aromatic rings. The summed E-state index contributed by atoms with van der Waals surface area (Å²) < 4.78 is 5.63. The van der Waals surface area contributed by atoms with Gasteiger partial charge in [0.25, 0.3) is 5.91 Å². The van der Waals surface area contributed by atoms with Crippen LogP contribution >= 0.6 is 0 Å². The van der Waals surface area contributed by atoms with E-state index in [1.54, 1.807) is 0 Å². The first-order chi connectivity index (χ1) is 17.1. The number of carbonyl (C=O) groups excluding carboxylic acids is 2. The van der Waals surface area contributed by atoms with E-state index in [9.17, 15) is 9.59 Å². The smallest absolute Gasteiger partial charge is 0.256 e. The lowest BCUT2D eigenvalue weighted by molar-refractivity contribution is -0.131. The van der Waals surface area contributed by atoms with Crippen LogP contribution < -0.4 is 0 Å². The Hall–Kier alpha value is -2.99. The molecule has 3 aliphatic heterocycles. The first-order valence-corrected chi connectivity index (χ1v) is 13.1. The molecule has 1 atom stereocenters. The van der Waals surface area contributed by atoms with Crippen molar-refractivity contribution in [3.8, 4) is 11.1 Å². The molecule has 0 N–H and O–H groups in total. The van der Waals surface area contributed by atoms with Crippen LogP contribution in [0.25, 0.3) is 11.1 Å². The predicted molar refractivity (Wildman–Crippen MR) is 133 cm³/mol. The monoisotopic (exact) mass is 469 g/mol. The van der Waals surface area contributed by atoms with Crippen LogP contribution in [0.3, 0.4) is 0 Å². The maximum absolute atomic E-state index is 13.3. The number of nitrogens with zero attached hydrogens (tertiary/aromatic N) is 3. The summed E-state index contributed by atoms with van der Waals surface area (Å²) in [6.07, 6.45) is 5.71. The first-order valence-electron chi connectivity index (χ1n) is 13.1. The van der Waals surface area contributed by atoms with Crippen LogP contribution in [0.5, 0.6) is 0 Å². The molecule has 0 radical (unpaired) electrons. The van der Waals surface area contributed by atoms with Crippen molar-refractivity contribution in [2.75, 3.05) is 26.2 Å². The lowest BCUT2D eigenvalue weighted by Crippen LogP contribution is -2.40. The molecule has 2 amide bonds. The molecule has 180 valence electrons. The number of amides is 2. The van der Waals surface area contributed by atoms with Crippen LogP contribution in [0.15, 0.2) is 47.5 Å². The first kappa shape index (κ1) is 21.3. The number of hydrogen-bond acceptors (Lipinski definition) is 4. The van der Waals surface area contributed by atoms with Crippen LogP contribution in [0.2, 0.25) is 0 Å². The zero-order chi connectivity index (χ0) is 23.6. The van der Waals surface area contributed by atoms with Gasteiger partial charge in [0.2, 0.25) is 5.91 Å². The Morgan fingerprint density at radius 2 is 1.77 bits per heavy atom. The Kier molecular flexibility index (Phi) is 4.88. The summed E-state index contributed by atoms with van der Waals surface area (Å²) in [5.74, 6) is 1.85. The minimum absolute atomic E-state index is 0.151. The number of aliphatic imine (C=N–C) groups is 1. The van der Waals surface area contributed by atoms with Crippen LogP contribution in [0.4, 0.5) is 0 Å². The van der Waals surface area contributed by atoms with Gasteiger partial charge in [-0.15, -0.1) is 0 Å². The zero-order valence-electron chi connectivity index (χ0n) is 20.0. The average Bonchev–Trinajstić information content (AvgIpc) is 3.82. The highest BCUT2D eigenvalue weighted by molar-refractivity contribution is 6.16. The third-order valence-electron chi connectivity index (χ3n) is 8.36. The van der Waals surface area contributed by atoms with Crippen LogP contribution in [-0.2, 0) is 27.4 Å². The van der Waals surface area contributed by atoms with E-state index in [1.807, 2.05) is 9.80 Å². The summed E-state index contributed by atoms with van der Waals surface area (Å²) in [5.41, 5.74) is 5.48. The highest BCUT2D eigenvalue weighted by atomic mass is 16.5. The van der Waals surface area contributed by atoms with E-state index in [1.165, 1.54) is 16.7 Å². The number of ether oxygens (including phenoxy) is 1. The van der Waals surface area contributed by atoms with Gasteiger partial charge in [-0.05, 0) is 72.8 Å². The Morgan fingerprint density at radius 1 is 1.00 bits per heavy atom. The van der Waals surface area contributed by atoms with Gasteiger partial charge >= 0.3 is 0 Å². The van der Waals surface area contributed by atoms with Crippen molar-refractivity contribution >= 4 is 17.6 Å². The van der Waals surface area contributed by atoms with Crippen molar-refractivity contribution in [1.82, 2.24) is 9.80 Å².